The lowest BCUT2D eigenvalue weighted by Crippen LogP contribution is -2.32. The van der Waals surface area contributed by atoms with Crippen LogP contribution in [0.25, 0.3) is 0 Å². The van der Waals surface area contributed by atoms with Crippen molar-refractivity contribution in [2.75, 3.05) is 16.0 Å². The van der Waals surface area contributed by atoms with Gasteiger partial charge in [0.2, 0.25) is 0 Å². The number of anilines is 3. The number of hydrogen-bond donors (Lipinski definition) is 3. The van der Waals surface area contributed by atoms with E-state index in [1.807, 2.05) is 67.6 Å². The van der Waals surface area contributed by atoms with Gasteiger partial charge in [0, 0.05) is 22.1 Å². The second-order valence-electron chi connectivity index (χ2n) is 8.11. The molecule has 2 heterocycles. The molecule has 174 valence electrons. The molecule has 0 fully saturated rings. The fourth-order valence-electron chi connectivity index (χ4n) is 4.11. The molecule has 0 saturated carbocycles. The van der Waals surface area contributed by atoms with Gasteiger partial charge in [-0.25, -0.2) is 4.68 Å². The number of rotatable bonds is 5. The van der Waals surface area contributed by atoms with Gasteiger partial charge in [-0.2, -0.15) is 5.10 Å². The van der Waals surface area contributed by atoms with Crippen LogP contribution in [-0.2, 0) is 4.79 Å². The number of carbonyl (C=O) groups excluding carboxylic acids is 2. The second-order valence-corrected chi connectivity index (χ2v) is 8.55. The Hall–Kier alpha value is -4.36. The van der Waals surface area contributed by atoms with Gasteiger partial charge < -0.3 is 16.0 Å². The molecule has 8 heteroatoms. The molecule has 35 heavy (non-hydrogen) atoms. The van der Waals surface area contributed by atoms with Crippen molar-refractivity contribution < 1.29 is 9.59 Å². The van der Waals surface area contributed by atoms with Crippen molar-refractivity contribution in [2.45, 2.75) is 13.0 Å². The lowest BCUT2D eigenvalue weighted by atomic mass is 9.94. The van der Waals surface area contributed by atoms with Crippen molar-refractivity contribution in [2.24, 2.45) is 0 Å². The number of allylic oxidation sites excluding steroid dienone is 1. The van der Waals surface area contributed by atoms with E-state index in [4.69, 9.17) is 11.6 Å². The van der Waals surface area contributed by atoms with Crippen LogP contribution in [0.4, 0.5) is 17.2 Å². The molecule has 2 amide bonds. The van der Waals surface area contributed by atoms with E-state index in [0.29, 0.717) is 39.0 Å². The summed E-state index contributed by atoms with van der Waals surface area (Å²) in [7, 11) is 0. The molecule has 0 unspecified atom stereocenters. The maximum atomic E-state index is 13.5. The first-order chi connectivity index (χ1) is 17.0. The number of aromatic nitrogens is 2. The Bertz CT molecular complexity index is 1410. The fraction of sp³-hybridized carbons (Fsp3) is 0.0741. The van der Waals surface area contributed by atoms with Crippen molar-refractivity contribution in [3.63, 3.8) is 0 Å². The van der Waals surface area contributed by atoms with Crippen LogP contribution in [0.5, 0.6) is 0 Å². The number of halogens is 1. The van der Waals surface area contributed by atoms with E-state index in [-0.39, 0.29) is 11.8 Å². The van der Waals surface area contributed by atoms with Crippen LogP contribution in [0.2, 0.25) is 5.02 Å². The van der Waals surface area contributed by atoms with Crippen LogP contribution in [0.3, 0.4) is 0 Å². The van der Waals surface area contributed by atoms with Crippen molar-refractivity contribution in [3.05, 3.63) is 119 Å². The molecule has 0 bridgehead atoms. The summed E-state index contributed by atoms with van der Waals surface area (Å²) >= 11 is 5.98. The minimum atomic E-state index is -0.530. The van der Waals surface area contributed by atoms with Gasteiger partial charge in [-0.1, -0.05) is 60.1 Å². The summed E-state index contributed by atoms with van der Waals surface area (Å²) in [5.74, 6) is -0.0472. The van der Waals surface area contributed by atoms with Gasteiger partial charge in [-0.05, 0) is 48.9 Å². The summed E-state index contributed by atoms with van der Waals surface area (Å²) in [4.78, 5) is 26.5. The third-order valence-electron chi connectivity index (χ3n) is 5.76. The van der Waals surface area contributed by atoms with Gasteiger partial charge in [0.25, 0.3) is 11.8 Å². The zero-order valence-corrected chi connectivity index (χ0v) is 19.6. The van der Waals surface area contributed by atoms with E-state index >= 15 is 0 Å². The number of para-hydroxylation sites is 1. The largest absolute Gasteiger partial charge is 0.343 e. The first kappa shape index (κ1) is 22.4. The molecule has 3 N–H and O–H groups in total. The summed E-state index contributed by atoms with van der Waals surface area (Å²) in [6, 6.07) is 25.2. The molecular weight excluding hydrogens is 462 g/mol. The van der Waals surface area contributed by atoms with Crippen LogP contribution in [-0.4, -0.2) is 21.6 Å². The SMILES string of the molecule is CC1=C(C(=O)Nc2ccc(Cl)cc2)[C@@H](c2ccccc2)n2ncc(C(=O)Nc3ccccc3)c2N1. The predicted molar refractivity (Wildman–Crippen MR) is 138 cm³/mol. The summed E-state index contributed by atoms with van der Waals surface area (Å²) in [6.07, 6.45) is 1.52. The van der Waals surface area contributed by atoms with Gasteiger partial charge in [0.15, 0.2) is 0 Å². The molecule has 1 aromatic heterocycles. The molecule has 4 aromatic rings. The van der Waals surface area contributed by atoms with E-state index in [1.54, 1.807) is 28.9 Å². The molecule has 0 radical (unpaired) electrons. The number of hydrogen-bond acceptors (Lipinski definition) is 4. The van der Waals surface area contributed by atoms with Crippen molar-refractivity contribution in [1.29, 1.82) is 0 Å². The molecule has 1 atom stereocenters. The Labute approximate surface area is 207 Å². The highest BCUT2D eigenvalue weighted by Crippen LogP contribution is 2.38. The maximum absolute atomic E-state index is 13.5. The average Bonchev–Trinajstić information content (AvgIpc) is 3.29. The molecule has 3 aromatic carbocycles. The monoisotopic (exact) mass is 483 g/mol. The summed E-state index contributed by atoms with van der Waals surface area (Å²) in [5, 5.41) is 14.2. The van der Waals surface area contributed by atoms with Gasteiger partial charge in [-0.15, -0.1) is 0 Å². The van der Waals surface area contributed by atoms with Crippen LogP contribution in [0, 0.1) is 0 Å². The zero-order valence-electron chi connectivity index (χ0n) is 18.8. The third kappa shape index (κ3) is 4.54. The van der Waals surface area contributed by atoms with Crippen LogP contribution in [0.1, 0.15) is 28.9 Å². The minimum Gasteiger partial charge on any atom is -0.343 e. The normalized spacial score (nSPS) is 14.6. The Morgan fingerprint density at radius 1 is 0.857 bits per heavy atom. The minimum absolute atomic E-state index is 0.275. The molecule has 0 aliphatic carbocycles. The van der Waals surface area contributed by atoms with E-state index in [0.717, 1.165) is 5.56 Å². The molecule has 1 aliphatic heterocycles. The second kappa shape index (κ2) is 9.48. The standard InChI is InChI=1S/C27H22ClN5O2/c1-17-23(27(35)32-21-14-12-19(28)13-15-21)24(18-8-4-2-5-9-18)33-25(30-17)22(16-29-33)26(34)31-20-10-6-3-7-11-20/h2-16,24,30H,1H3,(H,31,34)(H,32,35)/t24-/m1/s1. The average molecular weight is 484 g/mol. The van der Waals surface area contributed by atoms with Crippen LogP contribution < -0.4 is 16.0 Å². The van der Waals surface area contributed by atoms with Crippen molar-refractivity contribution in [1.82, 2.24) is 9.78 Å². The lowest BCUT2D eigenvalue weighted by molar-refractivity contribution is -0.113. The molecule has 0 saturated heterocycles. The fourth-order valence-corrected chi connectivity index (χ4v) is 4.24. The maximum Gasteiger partial charge on any atom is 0.261 e. The van der Waals surface area contributed by atoms with E-state index < -0.39 is 6.04 Å². The Balaban J connectivity index is 1.52. The Kier molecular flexibility index (Phi) is 6.08. The van der Waals surface area contributed by atoms with Crippen LogP contribution in [0.15, 0.2) is 102 Å². The first-order valence-corrected chi connectivity index (χ1v) is 11.4. The number of amides is 2. The van der Waals surface area contributed by atoms with Gasteiger partial charge in [-0.3, -0.25) is 9.59 Å². The number of nitrogens with one attached hydrogen (secondary N) is 3. The highest BCUT2D eigenvalue weighted by molar-refractivity contribution is 6.30. The first-order valence-electron chi connectivity index (χ1n) is 11.0. The number of nitrogens with zero attached hydrogens (tertiary/aromatic N) is 2. The van der Waals surface area contributed by atoms with Crippen molar-refractivity contribution in [3.8, 4) is 0 Å². The molecular formula is C27H22ClN5O2. The quantitative estimate of drug-likeness (QED) is 0.339. The highest BCUT2D eigenvalue weighted by Gasteiger charge is 2.35. The summed E-state index contributed by atoms with van der Waals surface area (Å²) in [5.41, 5.74) is 3.69. The van der Waals surface area contributed by atoms with Gasteiger partial charge >= 0.3 is 0 Å². The number of carbonyl (C=O) groups is 2. The topological polar surface area (TPSA) is 88.0 Å². The van der Waals surface area contributed by atoms with Crippen molar-refractivity contribution >= 4 is 40.6 Å². The lowest BCUT2D eigenvalue weighted by Gasteiger charge is -2.30. The number of fused-ring (bicyclic) bond motifs is 1. The van der Waals surface area contributed by atoms with Gasteiger partial charge in [0.1, 0.15) is 17.4 Å². The highest BCUT2D eigenvalue weighted by atomic mass is 35.5. The number of benzene rings is 3. The molecule has 5 rings (SSSR count). The zero-order chi connectivity index (χ0) is 24.4. The van der Waals surface area contributed by atoms with Crippen LogP contribution >= 0.6 is 11.6 Å². The molecule has 7 nitrogen and oxygen atoms in total. The van der Waals surface area contributed by atoms with E-state index in [2.05, 4.69) is 21.0 Å². The smallest absolute Gasteiger partial charge is 0.261 e. The third-order valence-corrected chi connectivity index (χ3v) is 6.01. The Morgan fingerprint density at radius 3 is 2.14 bits per heavy atom. The summed E-state index contributed by atoms with van der Waals surface area (Å²) in [6.45, 7) is 1.82. The summed E-state index contributed by atoms with van der Waals surface area (Å²) < 4.78 is 1.68. The molecule has 1 aliphatic rings. The Morgan fingerprint density at radius 2 is 1.46 bits per heavy atom. The van der Waals surface area contributed by atoms with Gasteiger partial charge in [0.05, 0.1) is 11.8 Å². The molecule has 0 spiro atoms. The predicted octanol–water partition coefficient (Wildman–Crippen LogP) is 5.72. The van der Waals surface area contributed by atoms with E-state index in [1.165, 1.54) is 6.20 Å². The van der Waals surface area contributed by atoms with E-state index in [9.17, 15) is 9.59 Å².